The van der Waals surface area contributed by atoms with Gasteiger partial charge < -0.3 is 0 Å². The molecule has 142 valence electrons. The minimum atomic E-state index is 0.533. The van der Waals surface area contributed by atoms with Crippen molar-refractivity contribution in [3.05, 3.63) is 60.3 Å². The molecule has 0 radical (unpaired) electrons. The van der Waals surface area contributed by atoms with Crippen molar-refractivity contribution in [2.75, 3.05) is 0 Å². The average molecular weight is 335 g/mol. The molecule has 0 aromatic rings. The molecule has 0 aromatic carbocycles. The first-order valence-electron chi connectivity index (χ1n) is 9.44. The number of allylic oxidation sites excluding steroid dienone is 7. The molecule has 0 nitrogen and oxygen atoms in total. The second-order valence-electron chi connectivity index (χ2n) is 6.38. The lowest BCUT2D eigenvalue weighted by atomic mass is 9.94. The van der Waals surface area contributed by atoms with Crippen molar-refractivity contribution in [3.63, 3.8) is 0 Å². The van der Waals surface area contributed by atoms with Crippen molar-refractivity contribution in [2.24, 2.45) is 11.8 Å². The predicted octanol–water partition coefficient (Wildman–Crippen LogP) is 8.94. The smallest absolute Gasteiger partial charge is 0.00671 e. The van der Waals surface area contributed by atoms with Gasteiger partial charge in [0.1, 0.15) is 0 Å². The highest BCUT2D eigenvalue weighted by molar-refractivity contribution is 5.32. The molecule has 0 saturated heterocycles. The fourth-order valence-corrected chi connectivity index (χ4v) is 1.43. The Bertz CT molecular complexity index is 370. The Hall–Kier alpha value is -1.30. The zero-order chi connectivity index (χ0) is 20.3. The number of hydrogen-bond donors (Lipinski definition) is 0. The van der Waals surface area contributed by atoms with E-state index in [9.17, 15) is 0 Å². The molecule has 0 atom stereocenters. The third-order valence-corrected chi connectivity index (χ3v) is 2.36. The molecular formula is C24H46. The van der Waals surface area contributed by atoms with Gasteiger partial charge >= 0.3 is 0 Å². The monoisotopic (exact) mass is 334 g/mol. The lowest BCUT2D eigenvalue weighted by Gasteiger charge is -2.12. The van der Waals surface area contributed by atoms with Gasteiger partial charge in [0.25, 0.3) is 0 Å². The van der Waals surface area contributed by atoms with Gasteiger partial charge in [-0.1, -0.05) is 123 Å². The zero-order valence-electron chi connectivity index (χ0n) is 18.7. The van der Waals surface area contributed by atoms with Gasteiger partial charge in [-0.25, -0.2) is 0 Å². The maximum absolute atomic E-state index is 4.08. The summed E-state index contributed by atoms with van der Waals surface area (Å²) < 4.78 is 0. The molecule has 0 unspecified atom stereocenters. The Morgan fingerprint density at radius 2 is 1.21 bits per heavy atom. The second-order valence-corrected chi connectivity index (χ2v) is 6.38. The number of rotatable bonds is 6. The largest absolute Gasteiger partial charge is 0.0988 e. The molecule has 0 rings (SSSR count). The first-order chi connectivity index (χ1) is 11.1. The molecule has 0 aliphatic heterocycles. The molecule has 0 heteroatoms. The maximum Gasteiger partial charge on any atom is -0.00671 e. The van der Waals surface area contributed by atoms with E-state index in [2.05, 4.69) is 66.5 Å². The minimum Gasteiger partial charge on any atom is -0.0988 e. The normalized spacial score (nSPS) is 10.5. The van der Waals surface area contributed by atoms with Gasteiger partial charge in [-0.3, -0.25) is 0 Å². The van der Waals surface area contributed by atoms with E-state index in [1.54, 1.807) is 0 Å². The molecule has 0 aliphatic rings. The van der Waals surface area contributed by atoms with Crippen LogP contribution in [-0.4, -0.2) is 0 Å². The molecule has 24 heavy (non-hydrogen) atoms. The second kappa shape index (κ2) is 21.7. The van der Waals surface area contributed by atoms with E-state index < -0.39 is 0 Å². The standard InChI is InChI=1S/C16H24.C4H10.2C2H6/c1-8-14(6)10-15(7)11-16(13(4)5)9-12(2)3;1-4(2)3;2*1-2/h8-10,13H,1-2,7,11H2,3-6H3;4H,1-3H3;2*1-2H3/b14-10+,16-9+;;;. The predicted molar refractivity (Wildman–Crippen MR) is 119 cm³/mol. The highest BCUT2D eigenvalue weighted by Crippen LogP contribution is 2.21. The summed E-state index contributed by atoms with van der Waals surface area (Å²) in [5.41, 5.74) is 4.76. The fraction of sp³-hybridized carbons (Fsp3) is 0.583. The Morgan fingerprint density at radius 1 is 0.833 bits per heavy atom. The van der Waals surface area contributed by atoms with Gasteiger partial charge in [0.15, 0.2) is 0 Å². The van der Waals surface area contributed by atoms with Crippen LogP contribution in [0, 0.1) is 11.8 Å². The maximum atomic E-state index is 4.08. The highest BCUT2D eigenvalue weighted by Gasteiger charge is 2.04. The van der Waals surface area contributed by atoms with Crippen LogP contribution in [0.15, 0.2) is 60.3 Å². The molecule has 0 aromatic heterocycles. The molecule has 0 amide bonds. The summed E-state index contributed by atoms with van der Waals surface area (Å²) in [6, 6.07) is 0. The van der Waals surface area contributed by atoms with Crippen LogP contribution < -0.4 is 0 Å². The van der Waals surface area contributed by atoms with Crippen LogP contribution >= 0.6 is 0 Å². The topological polar surface area (TPSA) is 0 Å². The van der Waals surface area contributed by atoms with Gasteiger partial charge in [-0.2, -0.15) is 0 Å². The van der Waals surface area contributed by atoms with E-state index in [0.29, 0.717) is 5.92 Å². The van der Waals surface area contributed by atoms with Crippen molar-refractivity contribution < 1.29 is 0 Å². The molecule has 0 aliphatic carbocycles. The van der Waals surface area contributed by atoms with E-state index in [0.717, 1.165) is 29.1 Å². The Morgan fingerprint density at radius 3 is 1.46 bits per heavy atom. The van der Waals surface area contributed by atoms with Crippen molar-refractivity contribution >= 4 is 0 Å². The molecule has 0 saturated carbocycles. The molecule has 0 heterocycles. The van der Waals surface area contributed by atoms with E-state index in [4.69, 9.17) is 0 Å². The van der Waals surface area contributed by atoms with Crippen molar-refractivity contribution in [1.82, 2.24) is 0 Å². The minimum absolute atomic E-state index is 0.533. The molecule has 0 spiro atoms. The van der Waals surface area contributed by atoms with Crippen molar-refractivity contribution in [1.29, 1.82) is 0 Å². The third-order valence-electron chi connectivity index (χ3n) is 2.36. The summed E-state index contributed by atoms with van der Waals surface area (Å²) in [5.74, 6) is 1.37. The molecule has 0 fully saturated rings. The van der Waals surface area contributed by atoms with Gasteiger partial charge in [-0.15, -0.1) is 0 Å². The van der Waals surface area contributed by atoms with Crippen LogP contribution in [0.5, 0.6) is 0 Å². The van der Waals surface area contributed by atoms with Crippen LogP contribution in [0.25, 0.3) is 0 Å². The van der Waals surface area contributed by atoms with Gasteiger partial charge in [0, 0.05) is 0 Å². The first-order valence-corrected chi connectivity index (χ1v) is 9.44. The van der Waals surface area contributed by atoms with Gasteiger partial charge in [-0.05, 0) is 32.1 Å². The summed E-state index contributed by atoms with van der Waals surface area (Å²) >= 11 is 0. The SMILES string of the molecule is C=C/C(C)=C/C(=C)C/C(=C\C(=C)C)C(C)C.CC.CC.CC(C)C. The van der Waals surface area contributed by atoms with Crippen LogP contribution in [-0.2, 0) is 0 Å². The quantitative estimate of drug-likeness (QED) is 0.425. The van der Waals surface area contributed by atoms with Crippen LogP contribution in [0.1, 0.15) is 82.6 Å². The molecular weight excluding hydrogens is 288 g/mol. The molecule has 0 bridgehead atoms. The summed E-state index contributed by atoms with van der Waals surface area (Å²) in [6.07, 6.45) is 7.01. The van der Waals surface area contributed by atoms with E-state index in [-0.39, 0.29) is 0 Å². The highest BCUT2D eigenvalue weighted by atomic mass is 14.1. The molecule has 0 N–H and O–H groups in total. The van der Waals surface area contributed by atoms with E-state index in [1.807, 2.05) is 47.6 Å². The van der Waals surface area contributed by atoms with Crippen molar-refractivity contribution in [3.8, 4) is 0 Å². The average Bonchev–Trinajstić information content (AvgIpc) is 2.49. The first kappa shape index (κ1) is 30.6. The zero-order valence-corrected chi connectivity index (χ0v) is 18.7. The lowest BCUT2D eigenvalue weighted by Crippen LogP contribution is -1.96. The summed E-state index contributed by atoms with van der Waals surface area (Å²) in [5, 5.41) is 0. The summed E-state index contributed by atoms with van der Waals surface area (Å²) in [6.45, 7) is 34.7. The van der Waals surface area contributed by atoms with E-state index in [1.165, 1.54) is 5.57 Å². The fourth-order valence-electron chi connectivity index (χ4n) is 1.43. The number of hydrogen-bond acceptors (Lipinski definition) is 0. The van der Waals surface area contributed by atoms with Crippen LogP contribution in [0.2, 0.25) is 0 Å². The Labute approximate surface area is 155 Å². The van der Waals surface area contributed by atoms with Crippen LogP contribution in [0.4, 0.5) is 0 Å². The van der Waals surface area contributed by atoms with Crippen LogP contribution in [0.3, 0.4) is 0 Å². The van der Waals surface area contributed by atoms with Gasteiger partial charge in [0.2, 0.25) is 0 Å². The summed E-state index contributed by atoms with van der Waals surface area (Å²) in [7, 11) is 0. The summed E-state index contributed by atoms with van der Waals surface area (Å²) in [4.78, 5) is 0. The Balaban J connectivity index is -0.000000212. The third kappa shape index (κ3) is 28.8. The van der Waals surface area contributed by atoms with E-state index >= 15 is 0 Å². The Kier molecular flexibility index (Phi) is 27.6. The van der Waals surface area contributed by atoms with Crippen molar-refractivity contribution in [2.45, 2.75) is 82.6 Å². The van der Waals surface area contributed by atoms with Gasteiger partial charge in [0.05, 0.1) is 0 Å². The lowest BCUT2D eigenvalue weighted by molar-refractivity contribution is 0.737.